The van der Waals surface area contributed by atoms with Crippen LogP contribution < -0.4 is 10.1 Å². The molecule has 1 saturated heterocycles. The van der Waals surface area contributed by atoms with Crippen LogP contribution in [0, 0.1) is 11.6 Å². The molecule has 0 aliphatic carbocycles. The summed E-state index contributed by atoms with van der Waals surface area (Å²) in [5, 5.41) is 9.96. The molecule has 5 rings (SSSR count). The minimum Gasteiger partial charge on any atom is -0.491 e. The summed E-state index contributed by atoms with van der Waals surface area (Å²) < 4.78 is 79.6. The number of hydrogen-bond acceptors (Lipinski definition) is 6. The number of anilines is 1. The van der Waals surface area contributed by atoms with Crippen molar-refractivity contribution in [3.8, 4) is 5.75 Å². The van der Waals surface area contributed by atoms with E-state index in [0.29, 0.717) is 25.3 Å². The highest BCUT2D eigenvalue weighted by molar-refractivity contribution is 5.88. The van der Waals surface area contributed by atoms with Gasteiger partial charge in [0.15, 0.2) is 0 Å². The number of nitrogens with one attached hydrogen (secondary N) is 1. The summed E-state index contributed by atoms with van der Waals surface area (Å²) in [5.74, 6) is -0.982. The van der Waals surface area contributed by atoms with E-state index < -0.39 is 28.8 Å². The second-order valence-electron chi connectivity index (χ2n) is 8.11. The predicted molar refractivity (Wildman–Crippen MR) is 108 cm³/mol. The van der Waals surface area contributed by atoms with E-state index in [4.69, 9.17) is 9.47 Å². The number of ether oxygens (including phenoxy) is 2. The average molecular weight is 469 g/mol. The first-order valence-electron chi connectivity index (χ1n) is 10.4. The Hall–Kier alpha value is -2.99. The summed E-state index contributed by atoms with van der Waals surface area (Å²) in [6, 6.07) is 5.27. The van der Waals surface area contributed by atoms with Gasteiger partial charge < -0.3 is 14.8 Å². The van der Waals surface area contributed by atoms with Crippen LogP contribution in [0.25, 0.3) is 11.0 Å². The number of fused-ring (bicyclic) bond motifs is 2. The van der Waals surface area contributed by atoms with Crippen molar-refractivity contribution in [2.45, 2.75) is 31.4 Å². The van der Waals surface area contributed by atoms with E-state index in [2.05, 4.69) is 20.4 Å². The number of morpholine rings is 1. The third-order valence-electron chi connectivity index (χ3n) is 5.88. The Balaban J connectivity index is 1.58. The van der Waals surface area contributed by atoms with Gasteiger partial charge in [-0.2, -0.15) is 0 Å². The van der Waals surface area contributed by atoms with Crippen LogP contribution in [-0.2, 0) is 11.0 Å². The molecule has 0 spiro atoms. The van der Waals surface area contributed by atoms with Crippen LogP contribution in [0.1, 0.15) is 18.5 Å². The number of halogens is 5. The van der Waals surface area contributed by atoms with Gasteiger partial charge in [-0.05, 0) is 25.1 Å². The average Bonchev–Trinajstić information content (AvgIpc) is 3.21. The zero-order chi connectivity index (χ0) is 23.3. The maximum Gasteiger partial charge on any atom is 0.521 e. The van der Waals surface area contributed by atoms with E-state index in [9.17, 15) is 22.0 Å². The lowest BCUT2D eigenvalue weighted by molar-refractivity contribution is -0.220. The van der Waals surface area contributed by atoms with Gasteiger partial charge >= 0.3 is 6.30 Å². The largest absolute Gasteiger partial charge is 0.521 e. The minimum absolute atomic E-state index is 0.0409. The predicted octanol–water partition coefficient (Wildman–Crippen LogP) is 3.82. The van der Waals surface area contributed by atoms with Crippen LogP contribution in [-0.4, -0.2) is 58.3 Å². The number of benzene rings is 2. The maximum atomic E-state index is 14.9. The van der Waals surface area contributed by atoms with Gasteiger partial charge in [0, 0.05) is 24.7 Å². The Morgan fingerprint density at radius 1 is 1.12 bits per heavy atom. The van der Waals surface area contributed by atoms with Crippen LogP contribution in [0.15, 0.2) is 30.3 Å². The fourth-order valence-electron chi connectivity index (χ4n) is 4.37. The fraction of sp³-hybridized carbons (Fsp3) is 0.429. The van der Waals surface area contributed by atoms with Gasteiger partial charge in [-0.1, -0.05) is 10.9 Å². The number of alkyl halides is 3. The molecule has 3 heterocycles. The first kappa shape index (κ1) is 21.8. The summed E-state index contributed by atoms with van der Waals surface area (Å²) in [4.78, 5) is 1.72. The van der Waals surface area contributed by atoms with Crippen molar-refractivity contribution in [3.63, 3.8) is 0 Å². The van der Waals surface area contributed by atoms with E-state index in [1.54, 1.807) is 0 Å². The quantitative estimate of drug-likeness (QED) is 0.589. The van der Waals surface area contributed by atoms with E-state index >= 15 is 0 Å². The molecule has 0 saturated carbocycles. The third kappa shape index (κ3) is 4.08. The van der Waals surface area contributed by atoms with Crippen molar-refractivity contribution in [2.75, 3.05) is 31.6 Å². The highest BCUT2D eigenvalue weighted by Crippen LogP contribution is 2.39. The van der Waals surface area contributed by atoms with Crippen LogP contribution in [0.4, 0.5) is 27.6 Å². The molecule has 1 aromatic heterocycles. The second kappa shape index (κ2) is 8.10. The summed E-state index contributed by atoms with van der Waals surface area (Å²) >= 11 is 0. The summed E-state index contributed by atoms with van der Waals surface area (Å²) in [6.45, 7) is 3.76. The van der Waals surface area contributed by atoms with Crippen molar-refractivity contribution in [1.29, 1.82) is 0 Å². The Morgan fingerprint density at radius 2 is 1.94 bits per heavy atom. The van der Waals surface area contributed by atoms with Gasteiger partial charge in [-0.15, -0.1) is 23.4 Å². The maximum absolute atomic E-state index is 14.9. The van der Waals surface area contributed by atoms with E-state index in [0.717, 1.165) is 12.1 Å². The molecule has 2 aromatic carbocycles. The SMILES string of the molecule is CC1CN(C2COc3cc(F)ccc3C2Nc2c(F)ccc3nn(C(F)(F)F)nc23)CCO1. The summed E-state index contributed by atoms with van der Waals surface area (Å²) in [6.07, 6.45) is -4.89. The molecular weight excluding hydrogens is 449 g/mol. The van der Waals surface area contributed by atoms with Crippen molar-refractivity contribution in [1.82, 2.24) is 19.9 Å². The molecule has 1 fully saturated rings. The van der Waals surface area contributed by atoms with Crippen molar-refractivity contribution in [2.24, 2.45) is 0 Å². The molecule has 0 bridgehead atoms. The number of rotatable bonds is 3. The second-order valence-corrected chi connectivity index (χ2v) is 8.11. The Morgan fingerprint density at radius 3 is 2.70 bits per heavy atom. The van der Waals surface area contributed by atoms with Gasteiger partial charge in [0.25, 0.3) is 0 Å². The highest BCUT2D eigenvalue weighted by Gasteiger charge is 2.39. The Kier molecular flexibility index (Phi) is 5.36. The molecule has 33 heavy (non-hydrogen) atoms. The molecule has 3 atom stereocenters. The molecular formula is C21H20F5N5O2. The minimum atomic E-state index is -4.85. The van der Waals surface area contributed by atoms with Gasteiger partial charge in [0.2, 0.25) is 0 Å². The zero-order valence-corrected chi connectivity index (χ0v) is 17.4. The van der Waals surface area contributed by atoms with Crippen molar-refractivity contribution >= 4 is 16.7 Å². The molecule has 176 valence electrons. The molecule has 0 amide bonds. The third-order valence-corrected chi connectivity index (χ3v) is 5.88. The lowest BCUT2D eigenvalue weighted by Crippen LogP contribution is -2.54. The highest BCUT2D eigenvalue weighted by atomic mass is 19.4. The Labute approximate surface area is 185 Å². The lowest BCUT2D eigenvalue weighted by Gasteiger charge is -2.44. The first-order chi connectivity index (χ1) is 15.7. The number of aromatic nitrogens is 3. The van der Waals surface area contributed by atoms with Crippen LogP contribution in [0.3, 0.4) is 0 Å². The smallest absolute Gasteiger partial charge is 0.491 e. The van der Waals surface area contributed by atoms with Gasteiger partial charge in [-0.25, -0.2) is 8.78 Å². The lowest BCUT2D eigenvalue weighted by atomic mass is 9.93. The van der Waals surface area contributed by atoms with Gasteiger partial charge in [-0.3, -0.25) is 4.90 Å². The van der Waals surface area contributed by atoms with Crippen LogP contribution in [0.2, 0.25) is 0 Å². The topological polar surface area (TPSA) is 64.4 Å². The molecule has 3 aromatic rings. The summed E-state index contributed by atoms with van der Waals surface area (Å²) in [5.41, 5.74) is -0.0152. The van der Waals surface area contributed by atoms with E-state index in [1.165, 1.54) is 18.2 Å². The van der Waals surface area contributed by atoms with Crippen LogP contribution >= 0.6 is 0 Å². The van der Waals surface area contributed by atoms with Gasteiger partial charge in [0.05, 0.1) is 24.8 Å². The van der Waals surface area contributed by atoms with E-state index in [-0.39, 0.29) is 41.2 Å². The molecule has 7 nitrogen and oxygen atoms in total. The fourth-order valence-corrected chi connectivity index (χ4v) is 4.37. The summed E-state index contributed by atoms with van der Waals surface area (Å²) in [7, 11) is 0. The first-order valence-corrected chi connectivity index (χ1v) is 10.4. The molecule has 3 unspecified atom stereocenters. The normalized spacial score (nSPS) is 23.9. The van der Waals surface area contributed by atoms with E-state index in [1.807, 2.05) is 6.92 Å². The molecule has 0 radical (unpaired) electrons. The molecule has 12 heteroatoms. The Bertz CT molecular complexity index is 1180. The van der Waals surface area contributed by atoms with Crippen LogP contribution in [0.5, 0.6) is 5.75 Å². The molecule has 2 aliphatic heterocycles. The molecule has 2 aliphatic rings. The number of hydrogen-bond donors (Lipinski definition) is 1. The standard InChI is InChI=1S/C21H20F5N5O2/c1-11-9-30(6-7-32-11)16-10-33-17-8-12(22)2-3-13(17)18(16)27-19-14(23)4-5-15-20(19)29-31(28-15)21(24,25)26/h2-5,8,11,16,18,27H,6-7,9-10H2,1H3. The van der Waals surface area contributed by atoms with Gasteiger partial charge in [0.1, 0.15) is 40.7 Å². The number of nitrogens with zero attached hydrogens (tertiary/aromatic N) is 4. The van der Waals surface area contributed by atoms with Crippen molar-refractivity contribution < 1.29 is 31.4 Å². The monoisotopic (exact) mass is 469 g/mol. The van der Waals surface area contributed by atoms with Crippen molar-refractivity contribution in [3.05, 3.63) is 47.5 Å². The molecule has 1 N–H and O–H groups in total. The zero-order valence-electron chi connectivity index (χ0n) is 17.4.